The predicted molar refractivity (Wildman–Crippen MR) is 54.1 cm³/mol. The minimum Gasteiger partial charge on any atom is -0.258 e. The minimum absolute atomic E-state index is 1.06. The molecule has 0 amide bonds. The van der Waals surface area contributed by atoms with E-state index < -0.39 is 0 Å². The normalized spacial score (nSPS) is 11.7. The lowest BCUT2D eigenvalue weighted by Gasteiger charge is -1.96. The summed E-state index contributed by atoms with van der Waals surface area (Å²) in [7, 11) is 0. The third-order valence-electron chi connectivity index (χ3n) is 1.69. The highest BCUT2D eigenvalue weighted by atomic mass is 14.7. The van der Waals surface area contributed by atoms with Crippen LogP contribution in [0, 0.1) is 0 Å². The molecule has 0 saturated heterocycles. The molecule has 1 heteroatoms. The van der Waals surface area contributed by atoms with Gasteiger partial charge < -0.3 is 0 Å². The molecular weight excluding hydrogens is 146 g/mol. The lowest BCUT2D eigenvalue weighted by molar-refractivity contribution is 0.988. The summed E-state index contributed by atoms with van der Waals surface area (Å²) < 4.78 is 0. The van der Waals surface area contributed by atoms with Crippen molar-refractivity contribution in [2.45, 2.75) is 26.7 Å². The van der Waals surface area contributed by atoms with Crippen LogP contribution in [0.25, 0.3) is 0 Å². The van der Waals surface area contributed by atoms with E-state index in [1.807, 2.05) is 30.3 Å². The third-order valence-corrected chi connectivity index (χ3v) is 1.69. The molecule has 0 heterocycles. The Hall–Kier alpha value is -1.11. The molecule has 0 N–H and O–H groups in total. The molecule has 0 fully saturated rings. The molecule has 0 aromatic heterocycles. The van der Waals surface area contributed by atoms with Gasteiger partial charge in [0.25, 0.3) is 0 Å². The largest absolute Gasteiger partial charge is 0.258 e. The van der Waals surface area contributed by atoms with Gasteiger partial charge in [0.05, 0.1) is 5.69 Å². The quantitative estimate of drug-likeness (QED) is 0.601. The van der Waals surface area contributed by atoms with Crippen LogP contribution in [0.15, 0.2) is 35.3 Å². The molecule has 0 bridgehead atoms. The van der Waals surface area contributed by atoms with E-state index >= 15 is 0 Å². The first-order chi connectivity index (χ1) is 5.83. The number of hydrogen-bond donors (Lipinski definition) is 0. The third kappa shape index (κ3) is 2.87. The molecular formula is C11H15N. The van der Waals surface area contributed by atoms with E-state index in [-0.39, 0.29) is 0 Å². The number of rotatable bonds is 3. The van der Waals surface area contributed by atoms with Gasteiger partial charge in [-0.25, -0.2) is 0 Å². The van der Waals surface area contributed by atoms with Crippen molar-refractivity contribution in [2.75, 3.05) is 0 Å². The molecule has 0 unspecified atom stereocenters. The van der Waals surface area contributed by atoms with Crippen molar-refractivity contribution >= 4 is 11.4 Å². The van der Waals surface area contributed by atoms with Crippen LogP contribution in [0.4, 0.5) is 5.69 Å². The zero-order chi connectivity index (χ0) is 8.81. The Labute approximate surface area is 74.2 Å². The van der Waals surface area contributed by atoms with Crippen molar-refractivity contribution in [3.63, 3.8) is 0 Å². The van der Waals surface area contributed by atoms with Crippen LogP contribution in [0.5, 0.6) is 0 Å². The monoisotopic (exact) mass is 161 g/mol. The number of benzene rings is 1. The van der Waals surface area contributed by atoms with Crippen molar-refractivity contribution in [3.8, 4) is 0 Å². The maximum absolute atomic E-state index is 4.47. The van der Waals surface area contributed by atoms with Gasteiger partial charge in [-0.15, -0.1) is 0 Å². The number of nitrogens with zero attached hydrogens (tertiary/aromatic N) is 1. The lowest BCUT2D eigenvalue weighted by Crippen LogP contribution is -1.87. The number of aliphatic imine (C=N–C) groups is 1. The van der Waals surface area contributed by atoms with Gasteiger partial charge in [-0.05, 0) is 25.5 Å². The molecule has 0 atom stereocenters. The zero-order valence-electron chi connectivity index (χ0n) is 7.75. The van der Waals surface area contributed by atoms with Gasteiger partial charge in [0.2, 0.25) is 0 Å². The summed E-state index contributed by atoms with van der Waals surface area (Å²) >= 11 is 0. The first kappa shape index (κ1) is 8.98. The molecule has 0 saturated carbocycles. The highest BCUT2D eigenvalue weighted by Gasteiger charge is 1.89. The SMILES string of the molecule is CCCC(C)=Nc1ccccc1. The molecule has 1 nitrogen and oxygen atoms in total. The fourth-order valence-corrected chi connectivity index (χ4v) is 1.14. The summed E-state index contributed by atoms with van der Waals surface area (Å²) in [6, 6.07) is 10.1. The van der Waals surface area contributed by atoms with Gasteiger partial charge in [-0.3, -0.25) is 4.99 Å². The van der Waals surface area contributed by atoms with Crippen molar-refractivity contribution in [1.82, 2.24) is 0 Å². The fraction of sp³-hybridized carbons (Fsp3) is 0.364. The van der Waals surface area contributed by atoms with Crippen molar-refractivity contribution in [1.29, 1.82) is 0 Å². The molecule has 12 heavy (non-hydrogen) atoms. The maximum Gasteiger partial charge on any atom is 0.0628 e. The van der Waals surface area contributed by atoms with Crippen molar-refractivity contribution in [2.24, 2.45) is 4.99 Å². The molecule has 0 aliphatic carbocycles. The van der Waals surface area contributed by atoms with E-state index in [0.717, 1.165) is 12.1 Å². The van der Waals surface area contributed by atoms with Crippen molar-refractivity contribution in [3.05, 3.63) is 30.3 Å². The smallest absolute Gasteiger partial charge is 0.0628 e. The molecule has 64 valence electrons. The summed E-state index contributed by atoms with van der Waals surface area (Å²) in [5, 5.41) is 0. The molecule has 0 aliphatic heterocycles. The van der Waals surface area contributed by atoms with Gasteiger partial charge in [0, 0.05) is 5.71 Å². The molecule has 1 aromatic rings. The van der Waals surface area contributed by atoms with Crippen LogP contribution in [0.3, 0.4) is 0 Å². The molecule has 1 rings (SSSR count). The summed E-state index contributed by atoms with van der Waals surface area (Å²) in [5.74, 6) is 0. The first-order valence-corrected chi connectivity index (χ1v) is 4.42. The highest BCUT2D eigenvalue weighted by molar-refractivity contribution is 5.84. The average Bonchev–Trinajstić information content (AvgIpc) is 2.06. The van der Waals surface area contributed by atoms with Gasteiger partial charge in [0.1, 0.15) is 0 Å². The summed E-state index contributed by atoms with van der Waals surface area (Å²) in [4.78, 5) is 4.47. The van der Waals surface area contributed by atoms with Gasteiger partial charge >= 0.3 is 0 Å². The second-order valence-electron chi connectivity index (χ2n) is 2.93. The topological polar surface area (TPSA) is 12.4 Å². The van der Waals surface area contributed by atoms with Gasteiger partial charge in [-0.1, -0.05) is 31.5 Å². The Kier molecular flexibility index (Phi) is 3.52. The Morgan fingerprint density at radius 3 is 2.50 bits per heavy atom. The Balaban J connectivity index is 2.67. The van der Waals surface area contributed by atoms with Crippen LogP contribution >= 0.6 is 0 Å². The van der Waals surface area contributed by atoms with Crippen molar-refractivity contribution < 1.29 is 0 Å². The van der Waals surface area contributed by atoms with Gasteiger partial charge in [-0.2, -0.15) is 0 Å². The van der Waals surface area contributed by atoms with E-state index in [0.29, 0.717) is 0 Å². The van der Waals surface area contributed by atoms with Crippen LogP contribution in [0.1, 0.15) is 26.7 Å². The van der Waals surface area contributed by atoms with E-state index in [2.05, 4.69) is 18.8 Å². The van der Waals surface area contributed by atoms with E-state index in [1.54, 1.807) is 0 Å². The number of hydrogen-bond acceptors (Lipinski definition) is 1. The lowest BCUT2D eigenvalue weighted by atomic mass is 10.2. The van der Waals surface area contributed by atoms with Crippen LogP contribution in [-0.4, -0.2) is 5.71 Å². The van der Waals surface area contributed by atoms with E-state index in [1.165, 1.54) is 12.1 Å². The standard InChI is InChI=1S/C11H15N/c1-3-7-10(2)12-11-8-5-4-6-9-11/h4-6,8-9H,3,7H2,1-2H3. The van der Waals surface area contributed by atoms with Crippen LogP contribution < -0.4 is 0 Å². The van der Waals surface area contributed by atoms with E-state index in [9.17, 15) is 0 Å². The van der Waals surface area contributed by atoms with Crippen LogP contribution in [-0.2, 0) is 0 Å². The molecule has 0 aliphatic rings. The average molecular weight is 161 g/mol. The zero-order valence-corrected chi connectivity index (χ0v) is 7.75. The summed E-state index contributed by atoms with van der Waals surface area (Å²) in [5.41, 5.74) is 2.27. The summed E-state index contributed by atoms with van der Waals surface area (Å²) in [6.45, 7) is 4.25. The Morgan fingerprint density at radius 2 is 1.92 bits per heavy atom. The Bertz CT molecular complexity index is 249. The molecule has 0 radical (unpaired) electrons. The Morgan fingerprint density at radius 1 is 1.25 bits per heavy atom. The predicted octanol–water partition coefficient (Wildman–Crippen LogP) is 3.58. The number of para-hydroxylation sites is 1. The second-order valence-corrected chi connectivity index (χ2v) is 2.93. The van der Waals surface area contributed by atoms with Gasteiger partial charge in [0.15, 0.2) is 0 Å². The second kappa shape index (κ2) is 4.70. The minimum atomic E-state index is 1.06. The van der Waals surface area contributed by atoms with Crippen LogP contribution in [0.2, 0.25) is 0 Å². The highest BCUT2D eigenvalue weighted by Crippen LogP contribution is 2.11. The molecule has 0 spiro atoms. The maximum atomic E-state index is 4.47. The fourth-order valence-electron chi connectivity index (χ4n) is 1.14. The molecule has 1 aromatic carbocycles. The van der Waals surface area contributed by atoms with E-state index in [4.69, 9.17) is 0 Å². The summed E-state index contributed by atoms with van der Waals surface area (Å²) in [6.07, 6.45) is 2.26. The first-order valence-electron chi connectivity index (χ1n) is 4.42.